The number of carbonyl (C=O) groups is 1. The van der Waals surface area contributed by atoms with Crippen molar-refractivity contribution >= 4 is 16.8 Å². The average Bonchev–Trinajstić information content (AvgIpc) is 3.22. The van der Waals surface area contributed by atoms with Crippen LogP contribution in [0.5, 0.6) is 11.5 Å². The van der Waals surface area contributed by atoms with Crippen molar-refractivity contribution in [3.05, 3.63) is 76.5 Å². The molecule has 0 spiro atoms. The maximum Gasteiger partial charge on any atom is 0.267 e. The summed E-state index contributed by atoms with van der Waals surface area (Å²) in [6, 6.07) is 12.6. The third-order valence-corrected chi connectivity index (χ3v) is 5.29. The Balaban J connectivity index is 1.43. The predicted octanol–water partition coefficient (Wildman–Crippen LogP) is 2.91. The molecule has 33 heavy (non-hydrogen) atoms. The number of methoxy groups -OCH3 is 2. The molecule has 0 atom stereocenters. The van der Waals surface area contributed by atoms with Gasteiger partial charge in [-0.1, -0.05) is 0 Å². The molecule has 4 aromatic rings. The lowest BCUT2D eigenvalue weighted by molar-refractivity contribution is -0.121. The highest BCUT2D eigenvalue weighted by Gasteiger charge is 2.12. The maximum absolute atomic E-state index is 13.5. The zero-order chi connectivity index (χ0) is 23.4. The summed E-state index contributed by atoms with van der Waals surface area (Å²) in [7, 11) is 3.04. The van der Waals surface area contributed by atoms with E-state index in [0.29, 0.717) is 24.2 Å². The van der Waals surface area contributed by atoms with Gasteiger partial charge in [0.1, 0.15) is 23.9 Å². The van der Waals surface area contributed by atoms with Crippen LogP contribution in [-0.2, 0) is 17.8 Å². The number of benzene rings is 2. The van der Waals surface area contributed by atoms with Crippen molar-refractivity contribution in [2.75, 3.05) is 20.8 Å². The Hall–Kier alpha value is -4.14. The van der Waals surface area contributed by atoms with Gasteiger partial charge in [0.05, 0.1) is 19.9 Å². The first-order chi connectivity index (χ1) is 16.0. The highest BCUT2D eigenvalue weighted by molar-refractivity contribution is 5.84. The monoisotopic (exact) mass is 450 g/mol. The third-order valence-electron chi connectivity index (χ3n) is 5.29. The molecule has 0 aliphatic heterocycles. The van der Waals surface area contributed by atoms with Crippen LogP contribution in [0.25, 0.3) is 22.2 Å². The molecule has 0 saturated heterocycles. The predicted molar refractivity (Wildman–Crippen MR) is 122 cm³/mol. The average molecular weight is 450 g/mol. The first-order valence-electron chi connectivity index (χ1n) is 10.3. The van der Waals surface area contributed by atoms with Crippen molar-refractivity contribution in [1.82, 2.24) is 20.1 Å². The fourth-order valence-corrected chi connectivity index (χ4v) is 3.60. The van der Waals surface area contributed by atoms with Crippen LogP contribution in [0.4, 0.5) is 4.39 Å². The Morgan fingerprint density at radius 2 is 1.97 bits per heavy atom. The minimum absolute atomic E-state index is 0.238. The van der Waals surface area contributed by atoms with Crippen molar-refractivity contribution < 1.29 is 18.7 Å². The van der Waals surface area contributed by atoms with Crippen LogP contribution in [0.15, 0.2) is 59.5 Å². The van der Waals surface area contributed by atoms with E-state index in [1.807, 2.05) is 24.4 Å². The molecule has 9 heteroatoms. The zero-order valence-corrected chi connectivity index (χ0v) is 18.2. The molecule has 2 heterocycles. The van der Waals surface area contributed by atoms with Gasteiger partial charge in [0.2, 0.25) is 5.91 Å². The molecule has 0 aliphatic carbocycles. The summed E-state index contributed by atoms with van der Waals surface area (Å²) in [4.78, 5) is 27.9. The molecule has 2 aromatic carbocycles. The Kier molecular flexibility index (Phi) is 6.39. The summed E-state index contributed by atoms with van der Waals surface area (Å²) >= 11 is 0. The van der Waals surface area contributed by atoms with Gasteiger partial charge in [-0.3, -0.25) is 9.59 Å². The molecule has 2 aromatic heterocycles. The van der Waals surface area contributed by atoms with Crippen LogP contribution in [0.2, 0.25) is 0 Å². The fourth-order valence-electron chi connectivity index (χ4n) is 3.60. The number of halogens is 1. The Morgan fingerprint density at radius 1 is 1.12 bits per heavy atom. The quantitative estimate of drug-likeness (QED) is 0.430. The van der Waals surface area contributed by atoms with Crippen molar-refractivity contribution in [3.8, 4) is 22.8 Å². The van der Waals surface area contributed by atoms with Gasteiger partial charge in [0, 0.05) is 41.3 Å². The molecule has 2 N–H and O–H groups in total. The van der Waals surface area contributed by atoms with Crippen LogP contribution in [0.1, 0.15) is 5.56 Å². The molecule has 1 amide bonds. The number of rotatable bonds is 8. The molecular weight excluding hydrogens is 427 g/mol. The summed E-state index contributed by atoms with van der Waals surface area (Å²) in [5.74, 6) is 0.255. The van der Waals surface area contributed by atoms with E-state index < -0.39 is 11.4 Å². The van der Waals surface area contributed by atoms with Crippen LogP contribution in [0.3, 0.4) is 0 Å². The molecule has 0 unspecified atom stereocenters. The van der Waals surface area contributed by atoms with Gasteiger partial charge in [-0.15, -0.1) is 0 Å². The number of hydrogen-bond acceptors (Lipinski definition) is 5. The zero-order valence-electron chi connectivity index (χ0n) is 18.2. The molecule has 170 valence electrons. The highest BCUT2D eigenvalue weighted by Crippen LogP contribution is 2.28. The van der Waals surface area contributed by atoms with Crippen molar-refractivity contribution in [2.24, 2.45) is 0 Å². The van der Waals surface area contributed by atoms with E-state index in [1.54, 1.807) is 7.11 Å². The number of carbonyl (C=O) groups excluding carboxylic acids is 1. The Morgan fingerprint density at radius 3 is 2.76 bits per heavy atom. The summed E-state index contributed by atoms with van der Waals surface area (Å²) < 4.78 is 25.1. The minimum atomic E-state index is -0.447. The molecule has 4 rings (SSSR count). The van der Waals surface area contributed by atoms with E-state index in [1.165, 1.54) is 37.4 Å². The highest BCUT2D eigenvalue weighted by atomic mass is 19.1. The number of H-pyrrole nitrogens is 1. The summed E-state index contributed by atoms with van der Waals surface area (Å²) in [5.41, 5.74) is 2.53. The number of fused-ring (bicyclic) bond motifs is 1. The van der Waals surface area contributed by atoms with E-state index in [4.69, 9.17) is 9.47 Å². The molecule has 0 saturated carbocycles. The Bertz CT molecular complexity index is 1360. The lowest BCUT2D eigenvalue weighted by Gasteiger charge is -2.11. The summed E-state index contributed by atoms with van der Waals surface area (Å²) in [6.45, 7) is 0.154. The van der Waals surface area contributed by atoms with E-state index in [-0.39, 0.29) is 18.2 Å². The SMILES string of the molecule is COc1ccc2[nH]cc(CCNC(=O)Cn3nc(-c4ccc(F)cc4OC)ccc3=O)c2c1. The normalized spacial score (nSPS) is 10.9. The van der Waals surface area contributed by atoms with Gasteiger partial charge >= 0.3 is 0 Å². The van der Waals surface area contributed by atoms with E-state index in [9.17, 15) is 14.0 Å². The van der Waals surface area contributed by atoms with Gasteiger partial charge in [0.15, 0.2) is 0 Å². The summed E-state index contributed by atoms with van der Waals surface area (Å²) in [6.07, 6.45) is 2.51. The smallest absolute Gasteiger partial charge is 0.267 e. The van der Waals surface area contributed by atoms with Crippen molar-refractivity contribution in [2.45, 2.75) is 13.0 Å². The molecule has 0 aliphatic rings. The van der Waals surface area contributed by atoms with Crippen LogP contribution in [0, 0.1) is 5.82 Å². The number of aromatic nitrogens is 3. The Labute approximate surface area is 189 Å². The van der Waals surface area contributed by atoms with E-state index in [0.717, 1.165) is 26.9 Å². The van der Waals surface area contributed by atoms with Gasteiger partial charge in [-0.2, -0.15) is 5.10 Å². The number of amides is 1. The molecule has 0 bridgehead atoms. The lowest BCUT2D eigenvalue weighted by Crippen LogP contribution is -2.34. The second-order valence-corrected chi connectivity index (χ2v) is 7.38. The second kappa shape index (κ2) is 9.56. The third kappa shape index (κ3) is 4.87. The molecular formula is C24H23FN4O4. The number of hydrogen-bond donors (Lipinski definition) is 2. The van der Waals surface area contributed by atoms with Crippen molar-refractivity contribution in [1.29, 1.82) is 0 Å². The standard InChI is InChI=1S/C24H23FN4O4/c1-32-17-4-6-20-19(12-17)15(13-27-20)9-10-26-23(30)14-29-24(31)8-7-21(28-29)18-5-3-16(25)11-22(18)33-2/h3-8,11-13,27H,9-10,14H2,1-2H3,(H,26,30). The van der Waals surface area contributed by atoms with E-state index >= 15 is 0 Å². The van der Waals surface area contributed by atoms with E-state index in [2.05, 4.69) is 15.4 Å². The topological polar surface area (TPSA) is 98.2 Å². The first kappa shape index (κ1) is 22.1. The fraction of sp³-hybridized carbons (Fsp3) is 0.208. The minimum Gasteiger partial charge on any atom is -0.497 e. The number of ether oxygens (including phenoxy) is 2. The maximum atomic E-state index is 13.5. The molecule has 0 fully saturated rings. The first-order valence-corrected chi connectivity index (χ1v) is 10.3. The molecule has 0 radical (unpaired) electrons. The number of nitrogens with zero attached hydrogens (tertiary/aromatic N) is 2. The number of aromatic amines is 1. The van der Waals surface area contributed by atoms with Gasteiger partial charge in [-0.25, -0.2) is 9.07 Å². The van der Waals surface area contributed by atoms with Crippen molar-refractivity contribution in [3.63, 3.8) is 0 Å². The second-order valence-electron chi connectivity index (χ2n) is 7.38. The van der Waals surface area contributed by atoms with Crippen LogP contribution < -0.4 is 20.3 Å². The van der Waals surface area contributed by atoms with Gasteiger partial charge in [0.25, 0.3) is 5.56 Å². The van der Waals surface area contributed by atoms with Gasteiger partial charge < -0.3 is 19.8 Å². The van der Waals surface area contributed by atoms with Gasteiger partial charge in [-0.05, 0) is 48.4 Å². The van der Waals surface area contributed by atoms with Crippen LogP contribution >= 0.6 is 0 Å². The summed E-state index contributed by atoms with van der Waals surface area (Å²) in [5, 5.41) is 8.11. The van der Waals surface area contributed by atoms with Crippen LogP contribution in [-0.4, -0.2) is 41.4 Å². The largest absolute Gasteiger partial charge is 0.497 e. The number of nitrogens with one attached hydrogen (secondary N) is 2. The molecule has 8 nitrogen and oxygen atoms in total. The lowest BCUT2D eigenvalue weighted by atomic mass is 10.1.